The number of anilines is 2. The number of nitrogen functional groups attached to an aromatic ring is 1. The van der Waals surface area contributed by atoms with Gasteiger partial charge in [-0.3, -0.25) is 0 Å². The number of hydrogen-bond donors (Lipinski definition) is 3. The lowest BCUT2D eigenvalue weighted by Gasteiger charge is -2.20. The molecule has 1 aliphatic rings. The fraction of sp³-hybridized carbons (Fsp3) is 0.692. The number of nitrogens with zero attached hydrogens (tertiary/aromatic N) is 2. The van der Waals surface area contributed by atoms with E-state index >= 15 is 0 Å². The van der Waals surface area contributed by atoms with Crippen LogP contribution in [0.4, 0.5) is 11.5 Å². The van der Waals surface area contributed by atoms with Gasteiger partial charge in [-0.1, -0.05) is 13.3 Å². The van der Waals surface area contributed by atoms with Crippen LogP contribution >= 0.6 is 0 Å². The Balaban J connectivity index is 2.07. The van der Waals surface area contributed by atoms with E-state index < -0.39 is 0 Å². The van der Waals surface area contributed by atoms with Gasteiger partial charge in [-0.05, 0) is 19.3 Å². The maximum atomic E-state index is 9.33. The molecular weight excluding hydrogens is 244 g/mol. The number of hydrogen-bond acceptors (Lipinski definition) is 6. The van der Waals surface area contributed by atoms with Gasteiger partial charge in [-0.15, -0.1) is 0 Å². The first-order valence-corrected chi connectivity index (χ1v) is 6.87. The second kappa shape index (κ2) is 6.56. The molecular formula is C13H22N4O2. The SMILES string of the molecule is CCCOc1ncnc(NC2CCCC2CO)c1N. The number of aliphatic hydroxyl groups is 1. The summed E-state index contributed by atoms with van der Waals surface area (Å²) in [6, 6.07) is 0.223. The molecule has 0 radical (unpaired) electrons. The summed E-state index contributed by atoms with van der Waals surface area (Å²) < 4.78 is 5.48. The third kappa shape index (κ3) is 3.26. The molecule has 0 saturated heterocycles. The van der Waals surface area contributed by atoms with Crippen LogP contribution in [0.25, 0.3) is 0 Å². The van der Waals surface area contributed by atoms with Gasteiger partial charge in [0.15, 0.2) is 5.82 Å². The molecule has 2 rings (SSSR count). The lowest BCUT2D eigenvalue weighted by Crippen LogP contribution is -2.27. The Morgan fingerprint density at radius 3 is 3.05 bits per heavy atom. The first kappa shape index (κ1) is 13.9. The quantitative estimate of drug-likeness (QED) is 0.721. The number of aliphatic hydroxyl groups excluding tert-OH is 1. The fourth-order valence-electron chi connectivity index (χ4n) is 2.43. The molecule has 19 heavy (non-hydrogen) atoms. The molecule has 1 aromatic rings. The Morgan fingerprint density at radius 1 is 1.47 bits per heavy atom. The van der Waals surface area contributed by atoms with E-state index in [1.807, 2.05) is 6.92 Å². The summed E-state index contributed by atoms with van der Waals surface area (Å²) in [4.78, 5) is 8.21. The number of nitrogens with one attached hydrogen (secondary N) is 1. The Labute approximate surface area is 113 Å². The van der Waals surface area contributed by atoms with Crippen LogP contribution in [0.1, 0.15) is 32.6 Å². The number of nitrogens with two attached hydrogens (primary N) is 1. The van der Waals surface area contributed by atoms with E-state index in [4.69, 9.17) is 10.5 Å². The molecule has 1 saturated carbocycles. The summed E-state index contributed by atoms with van der Waals surface area (Å²) >= 11 is 0. The van der Waals surface area contributed by atoms with Crippen molar-refractivity contribution in [2.45, 2.75) is 38.6 Å². The molecule has 106 valence electrons. The van der Waals surface area contributed by atoms with Gasteiger partial charge in [0.2, 0.25) is 5.88 Å². The molecule has 0 aromatic carbocycles. The molecule has 6 heteroatoms. The minimum atomic E-state index is 0.196. The molecule has 1 aliphatic carbocycles. The maximum Gasteiger partial charge on any atom is 0.242 e. The van der Waals surface area contributed by atoms with E-state index in [9.17, 15) is 5.11 Å². The Bertz CT molecular complexity index is 414. The average molecular weight is 266 g/mol. The van der Waals surface area contributed by atoms with Gasteiger partial charge >= 0.3 is 0 Å². The van der Waals surface area contributed by atoms with Crippen molar-refractivity contribution in [3.63, 3.8) is 0 Å². The van der Waals surface area contributed by atoms with E-state index in [1.165, 1.54) is 6.33 Å². The predicted molar refractivity (Wildman–Crippen MR) is 74.1 cm³/mol. The first-order valence-electron chi connectivity index (χ1n) is 6.87. The van der Waals surface area contributed by atoms with E-state index in [0.29, 0.717) is 24.0 Å². The fourth-order valence-corrected chi connectivity index (χ4v) is 2.43. The first-order chi connectivity index (χ1) is 9.26. The van der Waals surface area contributed by atoms with Crippen LogP contribution in [0.3, 0.4) is 0 Å². The summed E-state index contributed by atoms with van der Waals surface area (Å²) in [5.41, 5.74) is 6.46. The van der Waals surface area contributed by atoms with Crippen molar-refractivity contribution in [1.82, 2.24) is 9.97 Å². The molecule has 1 fully saturated rings. The standard InChI is InChI=1S/C13H22N4O2/c1-2-6-19-13-11(14)12(15-8-16-13)17-10-5-3-4-9(10)7-18/h8-10,18H,2-7,14H2,1H3,(H,15,16,17). The van der Waals surface area contributed by atoms with Crippen LogP contribution in [0, 0.1) is 5.92 Å². The molecule has 0 bridgehead atoms. The Morgan fingerprint density at radius 2 is 2.32 bits per heavy atom. The van der Waals surface area contributed by atoms with Gasteiger partial charge in [-0.25, -0.2) is 4.98 Å². The molecule has 0 aliphatic heterocycles. The number of rotatable bonds is 6. The highest BCUT2D eigenvalue weighted by atomic mass is 16.5. The van der Waals surface area contributed by atoms with E-state index in [2.05, 4.69) is 15.3 Å². The van der Waals surface area contributed by atoms with Crippen LogP contribution in [0.15, 0.2) is 6.33 Å². The second-order valence-corrected chi connectivity index (χ2v) is 4.91. The zero-order chi connectivity index (χ0) is 13.7. The third-order valence-electron chi connectivity index (χ3n) is 3.51. The zero-order valence-corrected chi connectivity index (χ0v) is 11.3. The summed E-state index contributed by atoms with van der Waals surface area (Å²) in [6.07, 6.45) is 5.54. The number of aromatic nitrogens is 2. The molecule has 4 N–H and O–H groups in total. The van der Waals surface area contributed by atoms with Crippen molar-refractivity contribution in [2.75, 3.05) is 24.3 Å². The lowest BCUT2D eigenvalue weighted by atomic mass is 10.1. The highest BCUT2D eigenvalue weighted by Gasteiger charge is 2.27. The zero-order valence-electron chi connectivity index (χ0n) is 11.3. The van der Waals surface area contributed by atoms with Crippen molar-refractivity contribution in [3.8, 4) is 5.88 Å². The maximum absolute atomic E-state index is 9.33. The monoisotopic (exact) mass is 266 g/mol. The van der Waals surface area contributed by atoms with Crippen molar-refractivity contribution < 1.29 is 9.84 Å². The van der Waals surface area contributed by atoms with Crippen molar-refractivity contribution >= 4 is 11.5 Å². The van der Waals surface area contributed by atoms with E-state index in [-0.39, 0.29) is 18.6 Å². The van der Waals surface area contributed by atoms with Crippen molar-refractivity contribution in [1.29, 1.82) is 0 Å². The van der Waals surface area contributed by atoms with Gasteiger partial charge in [0.25, 0.3) is 0 Å². The predicted octanol–water partition coefficient (Wildman–Crippen LogP) is 1.42. The third-order valence-corrected chi connectivity index (χ3v) is 3.51. The van der Waals surface area contributed by atoms with Crippen LogP contribution < -0.4 is 15.8 Å². The summed E-state index contributed by atoms with van der Waals surface area (Å²) in [6.45, 7) is 2.81. The average Bonchev–Trinajstić information content (AvgIpc) is 2.87. The molecule has 1 heterocycles. The summed E-state index contributed by atoms with van der Waals surface area (Å²) in [5, 5.41) is 12.6. The molecule has 6 nitrogen and oxygen atoms in total. The topological polar surface area (TPSA) is 93.3 Å². The normalized spacial score (nSPS) is 22.4. The highest BCUT2D eigenvalue weighted by Crippen LogP contribution is 2.31. The van der Waals surface area contributed by atoms with Gasteiger partial charge in [0, 0.05) is 18.6 Å². The molecule has 0 spiro atoms. The minimum absolute atomic E-state index is 0.196. The van der Waals surface area contributed by atoms with Crippen LogP contribution in [0.2, 0.25) is 0 Å². The smallest absolute Gasteiger partial charge is 0.242 e. The molecule has 0 amide bonds. The minimum Gasteiger partial charge on any atom is -0.476 e. The van der Waals surface area contributed by atoms with E-state index in [1.54, 1.807) is 0 Å². The Hall–Kier alpha value is -1.56. The van der Waals surface area contributed by atoms with Crippen LogP contribution in [0.5, 0.6) is 5.88 Å². The molecule has 2 atom stereocenters. The van der Waals surface area contributed by atoms with Gasteiger partial charge < -0.3 is 20.9 Å². The molecule has 1 aromatic heterocycles. The van der Waals surface area contributed by atoms with Gasteiger partial charge in [-0.2, -0.15) is 4.98 Å². The second-order valence-electron chi connectivity index (χ2n) is 4.91. The summed E-state index contributed by atoms with van der Waals surface area (Å²) in [7, 11) is 0. The van der Waals surface area contributed by atoms with E-state index in [0.717, 1.165) is 25.7 Å². The van der Waals surface area contributed by atoms with Crippen molar-refractivity contribution in [2.24, 2.45) is 5.92 Å². The van der Waals surface area contributed by atoms with Crippen LogP contribution in [-0.4, -0.2) is 34.3 Å². The number of ether oxygens (including phenoxy) is 1. The van der Waals surface area contributed by atoms with Gasteiger partial charge in [0.05, 0.1) is 6.61 Å². The lowest BCUT2D eigenvalue weighted by molar-refractivity contribution is 0.222. The van der Waals surface area contributed by atoms with Gasteiger partial charge in [0.1, 0.15) is 12.0 Å². The largest absolute Gasteiger partial charge is 0.476 e. The van der Waals surface area contributed by atoms with Crippen molar-refractivity contribution in [3.05, 3.63) is 6.33 Å². The Kier molecular flexibility index (Phi) is 4.79. The van der Waals surface area contributed by atoms with Crippen LogP contribution in [-0.2, 0) is 0 Å². The highest BCUT2D eigenvalue weighted by molar-refractivity contribution is 5.66. The molecule has 2 unspecified atom stereocenters. The summed E-state index contributed by atoms with van der Waals surface area (Å²) in [5.74, 6) is 1.30.